The molecule has 6 heteroatoms. The third-order valence-electron chi connectivity index (χ3n) is 3.08. The lowest BCUT2D eigenvalue weighted by Crippen LogP contribution is -2.40. The van der Waals surface area contributed by atoms with Gasteiger partial charge in [-0.3, -0.25) is 10.1 Å². The van der Waals surface area contributed by atoms with Crippen molar-refractivity contribution >= 4 is 5.97 Å². The van der Waals surface area contributed by atoms with E-state index in [0.717, 1.165) is 0 Å². The maximum Gasteiger partial charge on any atom is 0.320 e. The van der Waals surface area contributed by atoms with Gasteiger partial charge in [-0.05, 0) is 30.2 Å². The number of carboxylic acid groups (broad SMARTS) is 1. The number of oxazole rings is 1. The summed E-state index contributed by atoms with van der Waals surface area (Å²) >= 11 is 0. The summed E-state index contributed by atoms with van der Waals surface area (Å²) < 4.78 is 18.2. The lowest BCUT2D eigenvalue weighted by atomic mass is 10.1. The van der Waals surface area contributed by atoms with E-state index < -0.39 is 12.0 Å². The van der Waals surface area contributed by atoms with Crippen molar-refractivity contribution in [1.29, 1.82) is 0 Å². The van der Waals surface area contributed by atoms with Gasteiger partial charge in [-0.2, -0.15) is 0 Å². The first kappa shape index (κ1) is 15.2. The first-order valence-electron chi connectivity index (χ1n) is 6.64. The Morgan fingerprint density at radius 3 is 2.62 bits per heavy atom. The topological polar surface area (TPSA) is 75.4 Å². The van der Waals surface area contributed by atoms with Crippen LogP contribution in [0.1, 0.15) is 19.5 Å². The maximum absolute atomic E-state index is 12.9. The summed E-state index contributed by atoms with van der Waals surface area (Å²) in [5, 5.41) is 12.0. The lowest BCUT2D eigenvalue weighted by molar-refractivity contribution is -0.140. The number of aromatic nitrogens is 1. The molecule has 1 aromatic carbocycles. The molecule has 2 aromatic rings. The minimum atomic E-state index is -0.896. The van der Waals surface area contributed by atoms with Gasteiger partial charge in [0.1, 0.15) is 18.1 Å². The molecule has 0 spiro atoms. The molecule has 1 unspecified atom stereocenters. The molecule has 1 atom stereocenters. The van der Waals surface area contributed by atoms with Crippen LogP contribution in [0.3, 0.4) is 0 Å². The average molecular weight is 292 g/mol. The van der Waals surface area contributed by atoms with E-state index in [4.69, 9.17) is 9.52 Å². The quantitative estimate of drug-likeness (QED) is 0.856. The summed E-state index contributed by atoms with van der Waals surface area (Å²) in [4.78, 5) is 15.3. The molecule has 2 rings (SSSR count). The van der Waals surface area contributed by atoms with Crippen molar-refractivity contribution in [3.63, 3.8) is 0 Å². The Morgan fingerprint density at radius 1 is 1.38 bits per heavy atom. The maximum atomic E-state index is 12.9. The van der Waals surface area contributed by atoms with Crippen LogP contribution in [0.2, 0.25) is 0 Å². The van der Waals surface area contributed by atoms with Crippen molar-refractivity contribution in [3.8, 4) is 11.5 Å². The van der Waals surface area contributed by atoms with Crippen LogP contribution in [-0.4, -0.2) is 22.1 Å². The van der Waals surface area contributed by atoms with Gasteiger partial charge in [0.2, 0.25) is 5.89 Å². The summed E-state index contributed by atoms with van der Waals surface area (Å²) in [6, 6.07) is 5.17. The molecule has 0 bridgehead atoms. The fraction of sp³-hybridized carbons (Fsp3) is 0.333. The number of halogens is 1. The summed E-state index contributed by atoms with van der Waals surface area (Å²) in [5.74, 6) is -0.880. The van der Waals surface area contributed by atoms with Crippen molar-refractivity contribution in [2.75, 3.05) is 0 Å². The van der Waals surface area contributed by atoms with E-state index in [1.54, 1.807) is 12.1 Å². The number of carbonyl (C=O) groups is 1. The molecule has 1 aromatic heterocycles. The molecule has 0 aliphatic rings. The number of nitrogens with one attached hydrogen (secondary N) is 1. The number of rotatable bonds is 6. The Morgan fingerprint density at radius 2 is 2.05 bits per heavy atom. The Labute approximate surface area is 121 Å². The number of hydrogen-bond acceptors (Lipinski definition) is 4. The second-order valence-corrected chi connectivity index (χ2v) is 5.09. The molecule has 0 aliphatic carbocycles. The van der Waals surface area contributed by atoms with Crippen molar-refractivity contribution in [3.05, 3.63) is 42.0 Å². The highest BCUT2D eigenvalue weighted by atomic mass is 19.1. The molecule has 1 heterocycles. The first-order chi connectivity index (χ1) is 9.97. The smallest absolute Gasteiger partial charge is 0.320 e. The molecule has 0 fully saturated rings. The van der Waals surface area contributed by atoms with Gasteiger partial charge >= 0.3 is 5.97 Å². The zero-order valence-corrected chi connectivity index (χ0v) is 11.8. The van der Waals surface area contributed by atoms with E-state index in [1.807, 2.05) is 13.8 Å². The van der Waals surface area contributed by atoms with Crippen LogP contribution in [-0.2, 0) is 11.3 Å². The van der Waals surface area contributed by atoms with Gasteiger partial charge in [-0.25, -0.2) is 9.37 Å². The van der Waals surface area contributed by atoms with E-state index in [2.05, 4.69) is 10.3 Å². The zero-order valence-electron chi connectivity index (χ0n) is 11.8. The van der Waals surface area contributed by atoms with Gasteiger partial charge in [-0.15, -0.1) is 0 Å². The van der Waals surface area contributed by atoms with Crippen LogP contribution >= 0.6 is 0 Å². The molecule has 0 amide bonds. The molecule has 0 saturated heterocycles. The molecule has 0 aliphatic heterocycles. The number of benzene rings is 1. The molecule has 0 radical (unpaired) electrons. The third kappa shape index (κ3) is 3.88. The molecule has 112 valence electrons. The van der Waals surface area contributed by atoms with E-state index >= 15 is 0 Å². The second-order valence-electron chi connectivity index (χ2n) is 5.09. The predicted molar refractivity (Wildman–Crippen MR) is 75.0 cm³/mol. The van der Waals surface area contributed by atoms with Gasteiger partial charge < -0.3 is 9.52 Å². The number of nitrogens with zero attached hydrogens (tertiary/aromatic N) is 1. The van der Waals surface area contributed by atoms with E-state index in [0.29, 0.717) is 23.7 Å². The first-order valence-corrected chi connectivity index (χ1v) is 6.64. The normalized spacial score (nSPS) is 12.6. The highest BCUT2D eigenvalue weighted by Crippen LogP contribution is 2.19. The molecule has 21 heavy (non-hydrogen) atoms. The van der Waals surface area contributed by atoms with Crippen LogP contribution in [0.15, 0.2) is 34.9 Å². The van der Waals surface area contributed by atoms with Crippen molar-refractivity contribution in [1.82, 2.24) is 10.3 Å². The highest BCUT2D eigenvalue weighted by molar-refractivity contribution is 5.73. The summed E-state index contributed by atoms with van der Waals surface area (Å²) in [5.41, 5.74) is 1.27. The second kappa shape index (κ2) is 6.49. The molecule has 5 nitrogen and oxygen atoms in total. The minimum absolute atomic E-state index is 0.0361. The molecular formula is C15H17FN2O3. The fourth-order valence-electron chi connectivity index (χ4n) is 1.94. The van der Waals surface area contributed by atoms with Crippen molar-refractivity contribution in [2.45, 2.75) is 26.4 Å². The summed E-state index contributed by atoms with van der Waals surface area (Å²) in [7, 11) is 0. The molecular weight excluding hydrogens is 275 g/mol. The average Bonchev–Trinajstić information content (AvgIpc) is 2.87. The fourth-order valence-corrected chi connectivity index (χ4v) is 1.94. The van der Waals surface area contributed by atoms with Gasteiger partial charge in [0.15, 0.2) is 0 Å². The molecule has 0 saturated carbocycles. The number of aliphatic carboxylic acids is 1. The SMILES string of the molecule is CC(C)C(NCc1coc(-c2ccc(F)cc2)n1)C(=O)O. The lowest BCUT2D eigenvalue weighted by Gasteiger charge is -2.16. The predicted octanol–water partition coefficient (Wildman–Crippen LogP) is 2.68. The van der Waals surface area contributed by atoms with Crippen molar-refractivity contribution < 1.29 is 18.7 Å². The van der Waals surface area contributed by atoms with Gasteiger partial charge in [0, 0.05) is 12.1 Å². The number of hydrogen-bond donors (Lipinski definition) is 2. The van der Waals surface area contributed by atoms with E-state index in [-0.39, 0.29) is 11.7 Å². The molecule has 2 N–H and O–H groups in total. The van der Waals surface area contributed by atoms with Gasteiger partial charge in [0.05, 0.1) is 5.69 Å². The zero-order chi connectivity index (χ0) is 15.4. The van der Waals surface area contributed by atoms with Crippen LogP contribution < -0.4 is 5.32 Å². The standard InChI is InChI=1S/C15H17FN2O3/c1-9(2)13(15(19)20)17-7-12-8-21-14(18-12)10-3-5-11(16)6-4-10/h3-6,8-9,13,17H,7H2,1-2H3,(H,19,20). The highest BCUT2D eigenvalue weighted by Gasteiger charge is 2.21. The third-order valence-corrected chi connectivity index (χ3v) is 3.08. The Bertz CT molecular complexity index is 608. The van der Waals surface area contributed by atoms with Crippen LogP contribution in [0.5, 0.6) is 0 Å². The largest absolute Gasteiger partial charge is 0.480 e. The number of carboxylic acids is 1. The minimum Gasteiger partial charge on any atom is -0.480 e. The van der Waals surface area contributed by atoms with Crippen LogP contribution in [0, 0.1) is 11.7 Å². The monoisotopic (exact) mass is 292 g/mol. The van der Waals surface area contributed by atoms with Crippen LogP contribution in [0.25, 0.3) is 11.5 Å². The summed E-state index contributed by atoms with van der Waals surface area (Å²) in [6.07, 6.45) is 1.46. The van der Waals surface area contributed by atoms with Gasteiger partial charge in [0.25, 0.3) is 0 Å². The van der Waals surface area contributed by atoms with Gasteiger partial charge in [-0.1, -0.05) is 13.8 Å². The Kier molecular flexibility index (Phi) is 4.70. The Hall–Kier alpha value is -2.21. The van der Waals surface area contributed by atoms with Crippen LogP contribution in [0.4, 0.5) is 4.39 Å². The summed E-state index contributed by atoms with van der Waals surface area (Å²) in [6.45, 7) is 3.96. The Balaban J connectivity index is 2.03. The van der Waals surface area contributed by atoms with E-state index in [9.17, 15) is 9.18 Å². The van der Waals surface area contributed by atoms with E-state index in [1.165, 1.54) is 18.4 Å². The van der Waals surface area contributed by atoms with Crippen molar-refractivity contribution in [2.24, 2.45) is 5.92 Å².